The Bertz CT molecular complexity index is 798. The van der Waals surface area contributed by atoms with Crippen LogP contribution >= 0.6 is 0 Å². The molecule has 1 aromatic carbocycles. The van der Waals surface area contributed by atoms with Gasteiger partial charge in [0, 0.05) is 31.7 Å². The highest BCUT2D eigenvalue weighted by molar-refractivity contribution is 5.96. The Labute approximate surface area is 153 Å². The molecule has 0 unspecified atom stereocenters. The maximum absolute atomic E-state index is 13.0. The van der Waals surface area contributed by atoms with E-state index in [1.165, 1.54) is 6.26 Å². The summed E-state index contributed by atoms with van der Waals surface area (Å²) in [4.78, 5) is 29.0. The number of benzene rings is 1. The molecule has 0 N–H and O–H groups in total. The smallest absolute Gasteiger partial charge is 0.289 e. The molecule has 6 heteroatoms. The minimum atomic E-state index is -0.124. The van der Waals surface area contributed by atoms with E-state index in [9.17, 15) is 9.59 Å². The Morgan fingerprint density at radius 1 is 1.00 bits per heavy atom. The molecule has 3 rings (SSSR count). The van der Waals surface area contributed by atoms with Crippen molar-refractivity contribution >= 4 is 11.8 Å². The average molecular weight is 356 g/mol. The molecule has 0 bridgehead atoms. The molecule has 1 aliphatic heterocycles. The second-order valence-corrected chi connectivity index (χ2v) is 6.55. The first-order valence-corrected chi connectivity index (χ1v) is 8.78. The summed E-state index contributed by atoms with van der Waals surface area (Å²) < 4.78 is 10.5. The Morgan fingerprint density at radius 2 is 1.69 bits per heavy atom. The monoisotopic (exact) mass is 356 g/mol. The Hall–Kier alpha value is -2.76. The lowest BCUT2D eigenvalue weighted by Gasteiger charge is -2.23. The van der Waals surface area contributed by atoms with E-state index in [-0.39, 0.29) is 11.8 Å². The number of ether oxygens (including phenoxy) is 1. The zero-order valence-corrected chi connectivity index (χ0v) is 15.4. The van der Waals surface area contributed by atoms with Crippen molar-refractivity contribution < 1.29 is 18.7 Å². The van der Waals surface area contributed by atoms with Crippen LogP contribution in [0.15, 0.2) is 34.9 Å². The fourth-order valence-electron chi connectivity index (χ4n) is 3.29. The molecule has 1 aromatic heterocycles. The molecule has 0 aliphatic carbocycles. The molecule has 0 saturated carbocycles. The van der Waals surface area contributed by atoms with Gasteiger partial charge in [-0.15, -0.1) is 0 Å². The number of methoxy groups -OCH3 is 1. The lowest BCUT2D eigenvalue weighted by Crippen LogP contribution is -2.37. The van der Waals surface area contributed by atoms with Crippen LogP contribution < -0.4 is 4.74 Å². The summed E-state index contributed by atoms with van der Waals surface area (Å²) in [6.45, 7) is 6.10. The molecular formula is C20H24N2O4. The summed E-state index contributed by atoms with van der Waals surface area (Å²) in [7, 11) is 1.63. The maximum atomic E-state index is 13.0. The molecule has 138 valence electrons. The van der Waals surface area contributed by atoms with E-state index in [4.69, 9.17) is 9.15 Å². The minimum absolute atomic E-state index is 0.000510. The van der Waals surface area contributed by atoms with Crippen molar-refractivity contribution in [3.63, 3.8) is 0 Å². The van der Waals surface area contributed by atoms with Gasteiger partial charge in [-0.05, 0) is 55.7 Å². The van der Waals surface area contributed by atoms with Crippen molar-refractivity contribution in [1.29, 1.82) is 0 Å². The van der Waals surface area contributed by atoms with Crippen molar-refractivity contribution in [2.75, 3.05) is 33.3 Å². The standard InChI is InChI=1S/C20H24N2O4/c1-14-13-18(25-3)15(2)12-16(14)19(23)21-7-5-8-22(10-9-21)20(24)17-6-4-11-26-17/h4,6,11-13H,5,7-10H2,1-3H3. The highest BCUT2D eigenvalue weighted by Gasteiger charge is 2.25. The topological polar surface area (TPSA) is 63.0 Å². The van der Waals surface area contributed by atoms with Crippen LogP contribution in [0.3, 0.4) is 0 Å². The second-order valence-electron chi connectivity index (χ2n) is 6.55. The van der Waals surface area contributed by atoms with Crippen LogP contribution in [0.2, 0.25) is 0 Å². The van der Waals surface area contributed by atoms with E-state index < -0.39 is 0 Å². The van der Waals surface area contributed by atoms with Crippen LogP contribution in [-0.4, -0.2) is 54.9 Å². The molecule has 6 nitrogen and oxygen atoms in total. The fourth-order valence-corrected chi connectivity index (χ4v) is 3.29. The number of hydrogen-bond donors (Lipinski definition) is 0. The van der Waals surface area contributed by atoms with E-state index in [0.717, 1.165) is 23.3 Å². The molecule has 2 amide bonds. The first kappa shape index (κ1) is 18.0. The lowest BCUT2D eigenvalue weighted by atomic mass is 10.0. The summed E-state index contributed by atoms with van der Waals surface area (Å²) in [5.41, 5.74) is 2.52. The molecule has 1 aliphatic rings. The van der Waals surface area contributed by atoms with Crippen molar-refractivity contribution in [2.45, 2.75) is 20.3 Å². The third kappa shape index (κ3) is 3.59. The van der Waals surface area contributed by atoms with Gasteiger partial charge < -0.3 is 19.0 Å². The summed E-state index contributed by atoms with van der Waals surface area (Å²) in [5.74, 6) is 0.998. The van der Waals surface area contributed by atoms with Crippen LogP contribution in [-0.2, 0) is 0 Å². The van der Waals surface area contributed by atoms with Crippen LogP contribution in [0.5, 0.6) is 5.75 Å². The normalized spacial score (nSPS) is 14.9. The molecule has 26 heavy (non-hydrogen) atoms. The average Bonchev–Trinajstić information content (AvgIpc) is 3.06. The van der Waals surface area contributed by atoms with Crippen LogP contribution in [0.25, 0.3) is 0 Å². The third-order valence-electron chi connectivity index (χ3n) is 4.77. The van der Waals surface area contributed by atoms with Crippen LogP contribution in [0.1, 0.15) is 38.5 Å². The van der Waals surface area contributed by atoms with Gasteiger partial charge in [0.1, 0.15) is 5.75 Å². The van der Waals surface area contributed by atoms with Gasteiger partial charge in [-0.25, -0.2) is 0 Å². The van der Waals surface area contributed by atoms with Gasteiger partial charge in [-0.3, -0.25) is 9.59 Å². The highest BCUT2D eigenvalue weighted by atomic mass is 16.5. The molecule has 0 spiro atoms. The summed E-state index contributed by atoms with van der Waals surface area (Å²) in [6.07, 6.45) is 2.24. The van der Waals surface area contributed by atoms with Crippen LogP contribution in [0.4, 0.5) is 0 Å². The van der Waals surface area contributed by atoms with Gasteiger partial charge in [-0.2, -0.15) is 0 Å². The number of aryl methyl sites for hydroxylation is 2. The van der Waals surface area contributed by atoms with Gasteiger partial charge in [0.25, 0.3) is 11.8 Å². The number of carbonyl (C=O) groups is 2. The number of hydrogen-bond acceptors (Lipinski definition) is 4. The van der Waals surface area contributed by atoms with Gasteiger partial charge in [0.05, 0.1) is 13.4 Å². The third-order valence-corrected chi connectivity index (χ3v) is 4.77. The zero-order chi connectivity index (χ0) is 18.7. The van der Waals surface area contributed by atoms with Gasteiger partial charge in [-0.1, -0.05) is 0 Å². The maximum Gasteiger partial charge on any atom is 0.289 e. The van der Waals surface area contributed by atoms with Crippen molar-refractivity contribution in [1.82, 2.24) is 9.80 Å². The predicted octanol–water partition coefficient (Wildman–Crippen LogP) is 2.89. The number of rotatable bonds is 3. The Balaban J connectivity index is 1.72. The Morgan fingerprint density at radius 3 is 2.31 bits per heavy atom. The number of nitrogens with zero attached hydrogens (tertiary/aromatic N) is 2. The van der Waals surface area contributed by atoms with Crippen molar-refractivity contribution in [3.8, 4) is 5.75 Å². The largest absolute Gasteiger partial charge is 0.496 e. The Kier molecular flexibility index (Phi) is 5.30. The van der Waals surface area contributed by atoms with E-state index in [1.54, 1.807) is 24.1 Å². The molecule has 0 radical (unpaired) electrons. The molecule has 0 atom stereocenters. The fraction of sp³-hybridized carbons (Fsp3) is 0.400. The molecule has 1 fully saturated rings. The summed E-state index contributed by atoms with van der Waals surface area (Å²) in [6, 6.07) is 7.15. The van der Waals surface area contributed by atoms with Crippen molar-refractivity contribution in [3.05, 3.63) is 53.0 Å². The van der Waals surface area contributed by atoms with Crippen LogP contribution in [0, 0.1) is 13.8 Å². The lowest BCUT2D eigenvalue weighted by molar-refractivity contribution is 0.0700. The predicted molar refractivity (Wildman–Crippen MR) is 97.6 cm³/mol. The number of carbonyl (C=O) groups excluding carboxylic acids is 2. The minimum Gasteiger partial charge on any atom is -0.496 e. The second kappa shape index (κ2) is 7.64. The van der Waals surface area contributed by atoms with E-state index >= 15 is 0 Å². The summed E-state index contributed by atoms with van der Waals surface area (Å²) in [5, 5.41) is 0. The number of amides is 2. The van der Waals surface area contributed by atoms with E-state index in [1.807, 2.05) is 30.9 Å². The zero-order valence-electron chi connectivity index (χ0n) is 15.4. The first-order chi connectivity index (χ1) is 12.5. The quantitative estimate of drug-likeness (QED) is 0.848. The van der Waals surface area contributed by atoms with Gasteiger partial charge in [0.15, 0.2) is 5.76 Å². The SMILES string of the molecule is COc1cc(C)c(C(=O)N2CCCN(C(=O)c3ccco3)CC2)cc1C. The molecular weight excluding hydrogens is 332 g/mol. The number of furan rings is 1. The highest BCUT2D eigenvalue weighted by Crippen LogP contribution is 2.24. The molecule has 2 heterocycles. The van der Waals surface area contributed by atoms with Gasteiger partial charge in [0.2, 0.25) is 0 Å². The summed E-state index contributed by atoms with van der Waals surface area (Å²) >= 11 is 0. The van der Waals surface area contributed by atoms with E-state index in [2.05, 4.69) is 0 Å². The first-order valence-electron chi connectivity index (χ1n) is 8.78. The molecule has 1 saturated heterocycles. The van der Waals surface area contributed by atoms with Crippen molar-refractivity contribution in [2.24, 2.45) is 0 Å². The molecule has 2 aromatic rings. The van der Waals surface area contributed by atoms with E-state index in [0.29, 0.717) is 37.5 Å². The van der Waals surface area contributed by atoms with Gasteiger partial charge >= 0.3 is 0 Å².